The van der Waals surface area contributed by atoms with Crippen LogP contribution in [0.1, 0.15) is 26.0 Å². The number of hydrogen-bond donors (Lipinski definition) is 1. The van der Waals surface area contributed by atoms with E-state index in [2.05, 4.69) is 41.2 Å². The Morgan fingerprint density at radius 2 is 2.33 bits per heavy atom. The van der Waals surface area contributed by atoms with Gasteiger partial charge in [0.15, 0.2) is 0 Å². The number of aryl methyl sites for hydroxylation is 2. The molecule has 1 aromatic heterocycles. The Hall–Kier alpha value is -0.640. The Balaban J connectivity index is 2.65. The van der Waals surface area contributed by atoms with Crippen LogP contribution in [0, 0.1) is 6.92 Å². The van der Waals surface area contributed by atoms with Gasteiger partial charge in [0.1, 0.15) is 0 Å². The molecule has 1 unspecified atom stereocenters. The molecular formula is C11H21N3S. The highest BCUT2D eigenvalue weighted by Gasteiger charge is 2.07. The van der Waals surface area contributed by atoms with Crippen LogP contribution in [0.15, 0.2) is 6.20 Å². The summed E-state index contributed by atoms with van der Waals surface area (Å²) in [6.07, 6.45) is 5.38. The van der Waals surface area contributed by atoms with Gasteiger partial charge in [-0.1, -0.05) is 6.92 Å². The van der Waals surface area contributed by atoms with Crippen LogP contribution >= 0.6 is 11.8 Å². The lowest BCUT2D eigenvalue weighted by Crippen LogP contribution is -2.20. The first-order valence-corrected chi connectivity index (χ1v) is 6.86. The maximum Gasteiger partial charge on any atom is 0.203 e. The van der Waals surface area contributed by atoms with E-state index >= 15 is 0 Å². The minimum absolute atomic E-state index is 0.470. The Morgan fingerprint density at radius 3 is 2.93 bits per heavy atom. The molecule has 0 fully saturated rings. The van der Waals surface area contributed by atoms with Gasteiger partial charge < -0.3 is 9.88 Å². The summed E-state index contributed by atoms with van der Waals surface area (Å²) in [6, 6.07) is 0.470. The van der Waals surface area contributed by atoms with Crippen molar-refractivity contribution in [1.29, 1.82) is 0 Å². The number of nitrogens with one attached hydrogen (secondary N) is 1. The van der Waals surface area contributed by atoms with Gasteiger partial charge in [0.05, 0.1) is 5.69 Å². The lowest BCUT2D eigenvalue weighted by molar-refractivity contribution is 0.676. The van der Waals surface area contributed by atoms with Gasteiger partial charge in [-0.25, -0.2) is 4.98 Å². The Morgan fingerprint density at radius 1 is 1.60 bits per heavy atom. The zero-order chi connectivity index (χ0) is 11.3. The van der Waals surface area contributed by atoms with Crippen LogP contribution in [0.2, 0.25) is 0 Å². The van der Waals surface area contributed by atoms with Crippen LogP contribution in [0.25, 0.3) is 0 Å². The van der Waals surface area contributed by atoms with E-state index in [1.807, 2.05) is 18.7 Å². The van der Waals surface area contributed by atoms with Crippen molar-refractivity contribution in [3.05, 3.63) is 11.9 Å². The standard InChI is InChI=1S/C11H21N3S/c1-5-6-14-7-9(2)12-11(14)13-10(3)8-15-4/h7,10H,5-6,8H2,1-4H3,(H,12,13). The highest BCUT2D eigenvalue weighted by atomic mass is 32.2. The van der Waals surface area contributed by atoms with Crippen molar-refractivity contribution >= 4 is 17.7 Å². The van der Waals surface area contributed by atoms with Gasteiger partial charge in [-0.3, -0.25) is 0 Å². The van der Waals surface area contributed by atoms with Crippen LogP contribution in [0.4, 0.5) is 5.95 Å². The molecule has 1 rings (SSSR count). The van der Waals surface area contributed by atoms with Gasteiger partial charge in [-0.15, -0.1) is 0 Å². The number of aromatic nitrogens is 2. The Bertz CT molecular complexity index is 296. The summed E-state index contributed by atoms with van der Waals surface area (Å²) in [4.78, 5) is 4.49. The van der Waals surface area contributed by atoms with E-state index in [-0.39, 0.29) is 0 Å². The highest BCUT2D eigenvalue weighted by Crippen LogP contribution is 2.11. The zero-order valence-corrected chi connectivity index (χ0v) is 10.9. The van der Waals surface area contributed by atoms with E-state index in [9.17, 15) is 0 Å². The number of imidazole rings is 1. The molecule has 0 aliphatic heterocycles. The summed E-state index contributed by atoms with van der Waals surface area (Å²) < 4.78 is 2.20. The number of hydrogen-bond acceptors (Lipinski definition) is 3. The molecule has 15 heavy (non-hydrogen) atoms. The van der Waals surface area contributed by atoms with Crippen LogP contribution in [0.3, 0.4) is 0 Å². The van der Waals surface area contributed by atoms with Crippen molar-refractivity contribution in [1.82, 2.24) is 9.55 Å². The van der Waals surface area contributed by atoms with Gasteiger partial charge in [0.25, 0.3) is 0 Å². The lowest BCUT2D eigenvalue weighted by atomic mass is 10.4. The number of nitrogens with zero attached hydrogens (tertiary/aromatic N) is 2. The number of thioether (sulfide) groups is 1. The highest BCUT2D eigenvalue weighted by molar-refractivity contribution is 7.98. The van der Waals surface area contributed by atoms with E-state index in [0.29, 0.717) is 6.04 Å². The van der Waals surface area contributed by atoms with Crippen LogP contribution < -0.4 is 5.32 Å². The summed E-state index contributed by atoms with van der Waals surface area (Å²) in [7, 11) is 0. The number of rotatable bonds is 6. The third-order valence-electron chi connectivity index (χ3n) is 2.15. The summed E-state index contributed by atoms with van der Waals surface area (Å²) in [6.45, 7) is 7.45. The quantitative estimate of drug-likeness (QED) is 0.810. The minimum atomic E-state index is 0.470. The summed E-state index contributed by atoms with van der Waals surface area (Å²) in [5.41, 5.74) is 1.09. The molecule has 0 saturated heterocycles. The van der Waals surface area contributed by atoms with Crippen molar-refractivity contribution in [2.24, 2.45) is 0 Å². The first-order chi connectivity index (χ1) is 7.17. The summed E-state index contributed by atoms with van der Waals surface area (Å²) in [5.74, 6) is 2.12. The molecule has 0 radical (unpaired) electrons. The smallest absolute Gasteiger partial charge is 0.203 e. The molecule has 0 spiro atoms. The number of anilines is 1. The molecule has 0 aliphatic rings. The SMILES string of the molecule is CCCn1cc(C)nc1NC(C)CSC. The maximum absolute atomic E-state index is 4.49. The van der Waals surface area contributed by atoms with Crippen LogP contribution in [-0.2, 0) is 6.54 Å². The molecule has 86 valence electrons. The third kappa shape index (κ3) is 3.78. The van der Waals surface area contributed by atoms with Gasteiger partial charge in [0, 0.05) is 24.5 Å². The average Bonchev–Trinajstić information content (AvgIpc) is 2.47. The molecule has 4 heteroatoms. The van der Waals surface area contributed by atoms with Crippen LogP contribution in [-0.4, -0.2) is 27.6 Å². The second kappa shape index (κ2) is 6.05. The van der Waals surface area contributed by atoms with E-state index in [4.69, 9.17) is 0 Å². The fourth-order valence-electron chi connectivity index (χ4n) is 1.59. The fraction of sp³-hybridized carbons (Fsp3) is 0.727. The molecule has 1 aromatic rings. The van der Waals surface area contributed by atoms with Crippen molar-refractivity contribution < 1.29 is 0 Å². The third-order valence-corrected chi connectivity index (χ3v) is 2.99. The minimum Gasteiger partial charge on any atom is -0.352 e. The van der Waals surface area contributed by atoms with E-state index < -0.39 is 0 Å². The van der Waals surface area contributed by atoms with Gasteiger partial charge >= 0.3 is 0 Å². The van der Waals surface area contributed by atoms with E-state index in [1.165, 1.54) is 0 Å². The summed E-state index contributed by atoms with van der Waals surface area (Å²) >= 11 is 1.86. The van der Waals surface area contributed by atoms with E-state index in [0.717, 1.165) is 30.4 Å². The van der Waals surface area contributed by atoms with Crippen molar-refractivity contribution in [2.45, 2.75) is 39.8 Å². The molecule has 1 heterocycles. The normalized spacial score (nSPS) is 12.8. The van der Waals surface area contributed by atoms with Gasteiger partial charge in [0.2, 0.25) is 5.95 Å². The second-order valence-electron chi connectivity index (χ2n) is 3.90. The molecule has 1 N–H and O–H groups in total. The topological polar surface area (TPSA) is 29.9 Å². The molecular weight excluding hydrogens is 206 g/mol. The zero-order valence-electron chi connectivity index (χ0n) is 10.1. The molecule has 0 aliphatic carbocycles. The lowest BCUT2D eigenvalue weighted by Gasteiger charge is -2.14. The fourth-order valence-corrected chi connectivity index (χ4v) is 2.17. The van der Waals surface area contributed by atoms with Crippen LogP contribution in [0.5, 0.6) is 0 Å². The van der Waals surface area contributed by atoms with Crippen molar-refractivity contribution in [3.63, 3.8) is 0 Å². The molecule has 0 bridgehead atoms. The predicted molar refractivity (Wildman–Crippen MR) is 68.7 cm³/mol. The monoisotopic (exact) mass is 227 g/mol. The van der Waals surface area contributed by atoms with Gasteiger partial charge in [-0.2, -0.15) is 11.8 Å². The first-order valence-electron chi connectivity index (χ1n) is 5.46. The van der Waals surface area contributed by atoms with Crippen molar-refractivity contribution in [3.8, 4) is 0 Å². The summed E-state index contributed by atoms with van der Waals surface area (Å²) in [5, 5.41) is 3.45. The molecule has 1 atom stereocenters. The first kappa shape index (κ1) is 12.4. The average molecular weight is 227 g/mol. The predicted octanol–water partition coefficient (Wildman–Crippen LogP) is 2.76. The van der Waals surface area contributed by atoms with Crippen molar-refractivity contribution in [2.75, 3.05) is 17.3 Å². The molecule has 3 nitrogen and oxygen atoms in total. The maximum atomic E-state index is 4.49. The van der Waals surface area contributed by atoms with E-state index in [1.54, 1.807) is 0 Å². The molecule has 0 saturated carbocycles. The Labute approximate surface area is 96.7 Å². The molecule has 0 aromatic carbocycles. The second-order valence-corrected chi connectivity index (χ2v) is 4.81. The van der Waals surface area contributed by atoms with Gasteiger partial charge in [-0.05, 0) is 26.5 Å². The largest absolute Gasteiger partial charge is 0.352 e. The Kier molecular flexibility index (Phi) is 5.02. The molecule has 0 amide bonds.